The molecule has 36 heavy (non-hydrogen) atoms. The average Bonchev–Trinajstić information content (AvgIpc) is 3.54. The van der Waals surface area contributed by atoms with E-state index in [0.717, 1.165) is 86.7 Å². The molecule has 3 fully saturated rings. The third kappa shape index (κ3) is 4.48. The zero-order chi connectivity index (χ0) is 24.6. The number of likely N-dealkylation sites (tertiary alicyclic amines) is 1. The third-order valence-electron chi connectivity index (χ3n) is 8.16. The summed E-state index contributed by atoms with van der Waals surface area (Å²) in [6.45, 7) is 6.70. The average molecular weight is 488 g/mol. The van der Waals surface area contributed by atoms with Gasteiger partial charge in [0.2, 0.25) is 0 Å². The predicted molar refractivity (Wildman–Crippen MR) is 141 cm³/mol. The highest BCUT2D eigenvalue weighted by Gasteiger charge is 2.31. The maximum absolute atomic E-state index is 13.8. The summed E-state index contributed by atoms with van der Waals surface area (Å²) in [4.78, 5) is 23.1. The molecule has 0 saturated carbocycles. The van der Waals surface area contributed by atoms with E-state index in [1.165, 1.54) is 18.4 Å². The van der Waals surface area contributed by atoms with Crippen LogP contribution in [0.1, 0.15) is 77.7 Å². The summed E-state index contributed by atoms with van der Waals surface area (Å²) in [5, 5.41) is 8.40. The summed E-state index contributed by atoms with van der Waals surface area (Å²) in [5.74, 6) is 1.58. The molecule has 2 aromatic heterocycles. The SMILES string of the molecule is Cc1cn2nc([C@@H]3CCCCN3C(=O)c3cccc(C4CCCNC4)c3)cc2nc1N1CC[C@H](N)C1. The molecular formula is C28H37N7O. The van der Waals surface area contributed by atoms with Gasteiger partial charge in [0.25, 0.3) is 5.91 Å². The van der Waals surface area contributed by atoms with E-state index in [1.54, 1.807) is 0 Å². The van der Waals surface area contributed by atoms with E-state index in [-0.39, 0.29) is 18.0 Å². The maximum Gasteiger partial charge on any atom is 0.254 e. The molecule has 1 amide bonds. The number of nitrogens with one attached hydrogen (secondary N) is 1. The van der Waals surface area contributed by atoms with Gasteiger partial charge in [0.15, 0.2) is 5.65 Å². The summed E-state index contributed by atoms with van der Waals surface area (Å²) < 4.78 is 1.87. The summed E-state index contributed by atoms with van der Waals surface area (Å²) in [5.41, 5.74) is 11.0. The number of anilines is 1. The highest BCUT2D eigenvalue weighted by atomic mass is 16.2. The monoisotopic (exact) mass is 487 g/mol. The lowest BCUT2D eigenvalue weighted by molar-refractivity contribution is 0.0605. The molecular weight excluding hydrogens is 450 g/mol. The number of amides is 1. The standard InChI is InChI=1S/C28H37N7O/c1-19-17-35-26(31-27(19)33-13-10-23(29)18-33)15-24(32-35)25-9-2-3-12-34(25)28(36)21-7-4-6-20(14-21)22-8-5-11-30-16-22/h4,6-7,14-15,17,22-23,25,30H,2-3,5,8-13,16,18,29H2,1H3/t22?,23-,25-/m0/s1. The van der Waals surface area contributed by atoms with E-state index in [9.17, 15) is 4.79 Å². The number of nitrogens with two attached hydrogens (primary N) is 1. The van der Waals surface area contributed by atoms with Crippen LogP contribution in [0.2, 0.25) is 0 Å². The van der Waals surface area contributed by atoms with Crippen molar-refractivity contribution in [2.45, 2.75) is 63.5 Å². The van der Waals surface area contributed by atoms with Crippen molar-refractivity contribution in [2.75, 3.05) is 37.6 Å². The van der Waals surface area contributed by atoms with Crippen LogP contribution in [0.5, 0.6) is 0 Å². The number of rotatable bonds is 4. The number of nitrogens with zero attached hydrogens (tertiary/aromatic N) is 5. The predicted octanol–water partition coefficient (Wildman–Crippen LogP) is 3.41. The Morgan fingerprint density at radius 3 is 2.83 bits per heavy atom. The normalized spacial score (nSPS) is 25.0. The van der Waals surface area contributed by atoms with E-state index < -0.39 is 0 Å². The van der Waals surface area contributed by atoms with Crippen LogP contribution in [0.3, 0.4) is 0 Å². The summed E-state index contributed by atoms with van der Waals surface area (Å²) in [7, 11) is 0. The molecule has 0 aliphatic carbocycles. The maximum atomic E-state index is 13.8. The Hall–Kier alpha value is -2.97. The van der Waals surface area contributed by atoms with Gasteiger partial charge in [0, 0.05) is 55.6 Å². The molecule has 8 heteroatoms. The van der Waals surface area contributed by atoms with Gasteiger partial charge < -0.3 is 20.9 Å². The fourth-order valence-electron chi connectivity index (χ4n) is 6.19. The number of carbonyl (C=O) groups excluding carboxylic acids is 1. The second kappa shape index (κ2) is 9.82. The van der Waals surface area contributed by atoms with E-state index >= 15 is 0 Å². The number of aromatic nitrogens is 3. The summed E-state index contributed by atoms with van der Waals surface area (Å²) >= 11 is 0. The van der Waals surface area contributed by atoms with Gasteiger partial charge in [0.05, 0.1) is 11.7 Å². The molecule has 5 heterocycles. The first-order valence-corrected chi connectivity index (χ1v) is 13.6. The first-order chi connectivity index (χ1) is 17.6. The molecule has 3 atom stereocenters. The Kier molecular flexibility index (Phi) is 6.39. The Morgan fingerprint density at radius 1 is 1.11 bits per heavy atom. The van der Waals surface area contributed by atoms with Crippen LogP contribution in [0.4, 0.5) is 5.82 Å². The first kappa shape index (κ1) is 23.4. The van der Waals surface area contributed by atoms with Crippen LogP contribution < -0.4 is 16.0 Å². The lowest BCUT2D eigenvalue weighted by atomic mass is 9.90. The van der Waals surface area contributed by atoms with Crippen LogP contribution in [0.15, 0.2) is 36.5 Å². The van der Waals surface area contributed by atoms with E-state index in [1.807, 2.05) is 21.5 Å². The van der Waals surface area contributed by atoms with Gasteiger partial charge in [-0.3, -0.25) is 4.79 Å². The van der Waals surface area contributed by atoms with E-state index in [4.69, 9.17) is 15.8 Å². The van der Waals surface area contributed by atoms with E-state index in [0.29, 0.717) is 5.92 Å². The lowest BCUT2D eigenvalue weighted by Gasteiger charge is -2.35. The van der Waals surface area contributed by atoms with Gasteiger partial charge in [-0.05, 0) is 75.6 Å². The fourth-order valence-corrected chi connectivity index (χ4v) is 6.19. The van der Waals surface area contributed by atoms with Crippen molar-refractivity contribution in [1.82, 2.24) is 24.8 Å². The van der Waals surface area contributed by atoms with Crippen molar-refractivity contribution >= 4 is 17.4 Å². The summed E-state index contributed by atoms with van der Waals surface area (Å²) in [6, 6.07) is 10.5. The molecule has 1 aromatic carbocycles. The smallest absolute Gasteiger partial charge is 0.254 e. The van der Waals surface area contributed by atoms with Crippen molar-refractivity contribution in [2.24, 2.45) is 5.73 Å². The van der Waals surface area contributed by atoms with E-state index in [2.05, 4.69) is 41.5 Å². The lowest BCUT2D eigenvalue weighted by Crippen LogP contribution is -2.38. The zero-order valence-electron chi connectivity index (χ0n) is 21.2. The van der Waals surface area contributed by atoms with Gasteiger partial charge in [-0.25, -0.2) is 9.50 Å². The molecule has 6 rings (SSSR count). The highest BCUT2D eigenvalue weighted by Crippen LogP contribution is 2.33. The number of fused-ring (bicyclic) bond motifs is 1. The number of carbonyl (C=O) groups is 1. The largest absolute Gasteiger partial charge is 0.355 e. The molecule has 0 radical (unpaired) electrons. The molecule has 0 bridgehead atoms. The molecule has 3 saturated heterocycles. The number of piperidine rings is 2. The Bertz CT molecular complexity index is 1250. The number of hydrogen-bond acceptors (Lipinski definition) is 6. The van der Waals surface area contributed by atoms with Gasteiger partial charge in [0.1, 0.15) is 5.82 Å². The third-order valence-corrected chi connectivity index (χ3v) is 8.16. The van der Waals surface area contributed by atoms with Crippen LogP contribution in [-0.4, -0.2) is 64.2 Å². The second-order valence-electron chi connectivity index (χ2n) is 10.8. The van der Waals surface area contributed by atoms with Gasteiger partial charge in [-0.2, -0.15) is 5.10 Å². The number of aryl methyl sites for hydroxylation is 1. The molecule has 0 spiro atoms. The number of benzene rings is 1. The second-order valence-corrected chi connectivity index (χ2v) is 10.8. The van der Waals surface area contributed by atoms with Crippen LogP contribution in [-0.2, 0) is 0 Å². The van der Waals surface area contributed by atoms with Crippen molar-refractivity contribution in [3.63, 3.8) is 0 Å². The van der Waals surface area contributed by atoms with Gasteiger partial charge >= 0.3 is 0 Å². The highest BCUT2D eigenvalue weighted by molar-refractivity contribution is 5.94. The first-order valence-electron chi connectivity index (χ1n) is 13.6. The van der Waals surface area contributed by atoms with Crippen LogP contribution >= 0.6 is 0 Å². The van der Waals surface area contributed by atoms with Crippen molar-refractivity contribution in [3.8, 4) is 0 Å². The van der Waals surface area contributed by atoms with Crippen molar-refractivity contribution < 1.29 is 4.79 Å². The molecule has 3 aliphatic rings. The molecule has 3 N–H and O–H groups in total. The Labute approximate surface area is 212 Å². The summed E-state index contributed by atoms with van der Waals surface area (Å²) in [6.07, 6.45) is 8.46. The van der Waals surface area contributed by atoms with Gasteiger partial charge in [-0.1, -0.05) is 12.1 Å². The molecule has 3 aliphatic heterocycles. The topological polar surface area (TPSA) is 91.8 Å². The van der Waals surface area contributed by atoms with Gasteiger partial charge in [-0.15, -0.1) is 0 Å². The molecule has 190 valence electrons. The zero-order valence-corrected chi connectivity index (χ0v) is 21.2. The Balaban J connectivity index is 1.27. The van der Waals surface area contributed by atoms with Crippen molar-refractivity contribution in [1.29, 1.82) is 0 Å². The molecule has 3 aromatic rings. The molecule has 1 unspecified atom stereocenters. The quantitative estimate of drug-likeness (QED) is 0.586. The van der Waals surface area contributed by atoms with Crippen LogP contribution in [0.25, 0.3) is 5.65 Å². The fraction of sp³-hybridized carbons (Fsp3) is 0.536. The molecule has 8 nitrogen and oxygen atoms in total. The van der Waals surface area contributed by atoms with Crippen molar-refractivity contribution in [3.05, 3.63) is 58.9 Å². The minimum atomic E-state index is -0.0306. The minimum absolute atomic E-state index is 0.0306. The Morgan fingerprint density at radius 2 is 2.03 bits per heavy atom. The van der Waals surface area contributed by atoms with Crippen LogP contribution in [0, 0.1) is 6.92 Å². The minimum Gasteiger partial charge on any atom is -0.355 e. The number of hydrogen-bond donors (Lipinski definition) is 2.